The Morgan fingerprint density at radius 2 is 1.17 bits per heavy atom. The van der Waals surface area contributed by atoms with Crippen LogP contribution in [0.5, 0.6) is 0 Å². The summed E-state index contributed by atoms with van der Waals surface area (Å²) in [5.41, 5.74) is -0.0113. The molecule has 0 radical (unpaired) electrons. The summed E-state index contributed by atoms with van der Waals surface area (Å²) in [7, 11) is -3.65. The van der Waals surface area contributed by atoms with Crippen LogP contribution in [0, 0.1) is 0 Å². The van der Waals surface area contributed by atoms with Gasteiger partial charge in [-0.1, -0.05) is 80.3 Å². The Kier molecular flexibility index (Phi) is 5.35. The Bertz CT molecular complexity index is 639. The van der Waals surface area contributed by atoms with Gasteiger partial charge in [-0.25, -0.2) is 0 Å². The molecule has 2 aromatic carbocycles. The van der Waals surface area contributed by atoms with Gasteiger partial charge in [0, 0.05) is 16.1 Å². The Balaban J connectivity index is 2.82. The highest BCUT2D eigenvalue weighted by Crippen LogP contribution is 2.46. The molecule has 0 spiro atoms. The number of benzene rings is 2. The third-order valence-electron chi connectivity index (χ3n) is 3.21. The summed E-state index contributed by atoms with van der Waals surface area (Å²) in [5.74, 6) is 0. The summed E-state index contributed by atoms with van der Waals surface area (Å²) in [6.45, 7) is 13.6. The van der Waals surface area contributed by atoms with Gasteiger partial charge in [-0.2, -0.15) is 0 Å². The first kappa shape index (κ1) is 18.2. The smallest absolute Gasteiger partial charge is 0.172 e. The number of nitrogens with zero attached hydrogens (tertiary/aromatic N) is 1. The highest BCUT2D eigenvalue weighted by atomic mass is 31.2. The molecule has 2 rings (SSSR count). The van der Waals surface area contributed by atoms with Crippen LogP contribution in [0.2, 0.25) is 19.6 Å². The van der Waals surface area contributed by atoms with Crippen LogP contribution in [0.1, 0.15) is 20.8 Å². The van der Waals surface area contributed by atoms with E-state index < -0.39 is 15.4 Å². The van der Waals surface area contributed by atoms with Gasteiger partial charge in [-0.05, 0) is 20.8 Å². The molecule has 23 heavy (non-hydrogen) atoms. The Morgan fingerprint density at radius 1 is 0.783 bits per heavy atom. The molecule has 2 aromatic rings. The SMILES string of the molecule is CC(C)(C)NP(=N[Si](C)(C)C)(c1ccccc1)c1ccccc1. The fourth-order valence-corrected chi connectivity index (χ4v) is 10.1. The van der Waals surface area contributed by atoms with E-state index >= 15 is 0 Å². The standard InChI is InChI=1S/C19H29N2PSi/c1-19(2,3)20-22(21-23(4,5)6,17-13-9-7-10-14-17)18-15-11-8-12-16-18/h7-16,20H,1-6H3. The van der Waals surface area contributed by atoms with Crippen molar-refractivity contribution in [2.45, 2.75) is 46.0 Å². The lowest BCUT2D eigenvalue weighted by molar-refractivity contribution is 0.529. The van der Waals surface area contributed by atoms with Crippen LogP contribution in [0.3, 0.4) is 0 Å². The van der Waals surface area contributed by atoms with Crippen LogP contribution in [0.4, 0.5) is 0 Å². The topological polar surface area (TPSA) is 24.4 Å². The summed E-state index contributed by atoms with van der Waals surface area (Å²) in [4.78, 5) is 0. The van der Waals surface area contributed by atoms with Gasteiger partial charge >= 0.3 is 0 Å². The van der Waals surface area contributed by atoms with Crippen molar-refractivity contribution < 1.29 is 0 Å². The maximum absolute atomic E-state index is 5.51. The van der Waals surface area contributed by atoms with Crippen molar-refractivity contribution in [3.05, 3.63) is 60.7 Å². The van der Waals surface area contributed by atoms with E-state index in [1.54, 1.807) is 0 Å². The zero-order chi connectivity index (χ0) is 17.1. The van der Waals surface area contributed by atoms with Gasteiger partial charge in [0.1, 0.15) is 0 Å². The Morgan fingerprint density at radius 3 is 1.48 bits per heavy atom. The van der Waals surface area contributed by atoms with Crippen LogP contribution in [0.15, 0.2) is 65.1 Å². The molecule has 0 atom stereocenters. The lowest BCUT2D eigenvalue weighted by Gasteiger charge is -2.36. The van der Waals surface area contributed by atoms with Gasteiger partial charge in [-0.15, -0.1) is 0 Å². The van der Waals surface area contributed by atoms with Gasteiger partial charge in [0.25, 0.3) is 0 Å². The molecule has 1 N–H and O–H groups in total. The number of hydrogen-bond donors (Lipinski definition) is 1. The van der Waals surface area contributed by atoms with E-state index in [9.17, 15) is 0 Å². The van der Waals surface area contributed by atoms with E-state index in [-0.39, 0.29) is 5.54 Å². The molecule has 4 heteroatoms. The van der Waals surface area contributed by atoms with E-state index in [0.29, 0.717) is 0 Å². The molecule has 0 bridgehead atoms. The first-order chi connectivity index (χ1) is 10.6. The van der Waals surface area contributed by atoms with Crippen molar-refractivity contribution in [2.24, 2.45) is 4.41 Å². The molecule has 0 aliphatic heterocycles. The van der Waals surface area contributed by atoms with Gasteiger partial charge in [0.05, 0.1) is 7.21 Å². The molecule has 0 aliphatic carbocycles. The van der Waals surface area contributed by atoms with Gasteiger partial charge in [0.2, 0.25) is 0 Å². The van der Waals surface area contributed by atoms with E-state index in [1.165, 1.54) is 10.6 Å². The summed E-state index contributed by atoms with van der Waals surface area (Å²) >= 11 is 0. The number of hydrogen-bond acceptors (Lipinski definition) is 1. The van der Waals surface area contributed by atoms with E-state index in [2.05, 4.69) is 106 Å². The molecule has 0 saturated carbocycles. The van der Waals surface area contributed by atoms with Crippen molar-refractivity contribution >= 4 is 26.0 Å². The average Bonchev–Trinajstić information content (AvgIpc) is 2.45. The molecule has 0 aromatic heterocycles. The largest absolute Gasteiger partial charge is 0.317 e. The van der Waals surface area contributed by atoms with E-state index in [1.807, 2.05) is 0 Å². The molecular weight excluding hydrogens is 315 g/mol. The first-order valence-electron chi connectivity index (χ1n) is 8.17. The van der Waals surface area contributed by atoms with Crippen molar-refractivity contribution in [3.8, 4) is 0 Å². The van der Waals surface area contributed by atoms with Crippen LogP contribution in [0.25, 0.3) is 0 Å². The highest BCUT2D eigenvalue weighted by molar-refractivity contribution is 7.80. The monoisotopic (exact) mass is 344 g/mol. The first-order valence-corrected chi connectivity index (χ1v) is 13.4. The summed E-state index contributed by atoms with van der Waals surface area (Å²) in [6.07, 6.45) is 0. The Labute approximate surface area is 142 Å². The minimum absolute atomic E-state index is 0.0113. The second kappa shape index (κ2) is 6.76. The molecular formula is C19H29N2PSi. The van der Waals surface area contributed by atoms with Gasteiger partial charge < -0.3 is 4.41 Å². The fraction of sp³-hybridized carbons (Fsp3) is 0.368. The molecule has 0 fully saturated rings. The van der Waals surface area contributed by atoms with Crippen molar-refractivity contribution in [1.29, 1.82) is 0 Å². The quantitative estimate of drug-likeness (QED) is 0.614. The number of rotatable bonds is 4. The van der Waals surface area contributed by atoms with Crippen LogP contribution in [-0.2, 0) is 0 Å². The van der Waals surface area contributed by atoms with E-state index in [0.717, 1.165) is 0 Å². The van der Waals surface area contributed by atoms with E-state index in [4.69, 9.17) is 4.41 Å². The second-order valence-corrected chi connectivity index (χ2v) is 15.6. The molecule has 124 valence electrons. The minimum atomic E-state index is -2.01. The third kappa shape index (κ3) is 4.91. The van der Waals surface area contributed by atoms with Crippen molar-refractivity contribution in [3.63, 3.8) is 0 Å². The lowest BCUT2D eigenvalue weighted by atomic mass is 10.1. The van der Waals surface area contributed by atoms with Crippen LogP contribution >= 0.6 is 7.21 Å². The summed E-state index contributed by atoms with van der Waals surface area (Å²) < 4.78 is 5.51. The summed E-state index contributed by atoms with van der Waals surface area (Å²) in [6, 6.07) is 21.5. The Hall–Kier alpha value is -1.15. The average molecular weight is 345 g/mol. The van der Waals surface area contributed by atoms with Crippen molar-refractivity contribution in [1.82, 2.24) is 5.09 Å². The minimum Gasteiger partial charge on any atom is -0.317 e. The predicted molar refractivity (Wildman–Crippen MR) is 108 cm³/mol. The number of nitrogens with one attached hydrogen (secondary N) is 1. The molecule has 0 unspecified atom stereocenters. The zero-order valence-corrected chi connectivity index (χ0v) is 17.1. The maximum Gasteiger partial charge on any atom is 0.172 e. The summed E-state index contributed by atoms with van der Waals surface area (Å²) in [5, 5.41) is 6.56. The van der Waals surface area contributed by atoms with Crippen molar-refractivity contribution in [2.75, 3.05) is 0 Å². The molecule has 0 saturated heterocycles. The molecule has 0 amide bonds. The fourth-order valence-electron chi connectivity index (χ4n) is 2.64. The zero-order valence-electron chi connectivity index (χ0n) is 15.2. The highest BCUT2D eigenvalue weighted by Gasteiger charge is 2.31. The molecule has 2 nitrogen and oxygen atoms in total. The van der Waals surface area contributed by atoms with Crippen LogP contribution < -0.4 is 15.7 Å². The molecule has 0 heterocycles. The van der Waals surface area contributed by atoms with Crippen LogP contribution in [-0.4, -0.2) is 13.8 Å². The van der Waals surface area contributed by atoms with Gasteiger partial charge in [0.15, 0.2) is 8.24 Å². The predicted octanol–water partition coefficient (Wildman–Crippen LogP) is 4.98. The van der Waals surface area contributed by atoms with Gasteiger partial charge in [-0.3, -0.25) is 5.09 Å². The lowest BCUT2D eigenvalue weighted by Crippen LogP contribution is -2.41. The second-order valence-electron chi connectivity index (χ2n) is 7.94. The third-order valence-corrected chi connectivity index (χ3v) is 9.89. The maximum atomic E-state index is 5.51. The normalized spacial score (nSPS) is 13.0. The molecule has 0 aliphatic rings.